The Balaban J connectivity index is 2.05. The van der Waals surface area contributed by atoms with Crippen LogP contribution in [-0.2, 0) is 24.9 Å². The van der Waals surface area contributed by atoms with Gasteiger partial charge in [0.05, 0.1) is 0 Å². The van der Waals surface area contributed by atoms with Crippen molar-refractivity contribution in [1.82, 2.24) is 18.7 Å². The number of hydrogen-bond acceptors (Lipinski definition) is 5. The van der Waals surface area contributed by atoms with Gasteiger partial charge < -0.3 is 9.30 Å². The highest BCUT2D eigenvalue weighted by Gasteiger charge is 2.17. The molecular formula is C20H22N4O4. The largest absolute Gasteiger partial charge is 0.427 e. The standard InChI is InChI=1S/C20H22N4O4/c1-5-23-18-17(19(26)24(6-2)20(23)27)22(4)16(21-18)12-9-14-7-10-15(11-8-14)28-13(3)25/h7-12H,5-6H2,1-4H3/b12-9+. The number of benzene rings is 1. The highest BCUT2D eigenvalue weighted by molar-refractivity contribution is 5.77. The average molecular weight is 382 g/mol. The number of hydrogen-bond donors (Lipinski definition) is 0. The highest BCUT2D eigenvalue weighted by atomic mass is 16.5. The lowest BCUT2D eigenvalue weighted by Gasteiger charge is -2.08. The first kappa shape index (κ1) is 19.3. The number of aromatic nitrogens is 4. The molecule has 0 amide bonds. The Morgan fingerprint density at radius 2 is 1.71 bits per heavy atom. The van der Waals surface area contributed by atoms with Gasteiger partial charge in [0.1, 0.15) is 11.6 Å². The second-order valence-electron chi connectivity index (χ2n) is 6.27. The molecule has 2 heterocycles. The Bertz CT molecular complexity index is 1180. The predicted molar refractivity (Wildman–Crippen MR) is 107 cm³/mol. The Kier molecular flexibility index (Phi) is 5.30. The highest BCUT2D eigenvalue weighted by Crippen LogP contribution is 2.16. The summed E-state index contributed by atoms with van der Waals surface area (Å²) >= 11 is 0. The van der Waals surface area contributed by atoms with Crippen molar-refractivity contribution in [2.75, 3.05) is 0 Å². The maximum Gasteiger partial charge on any atom is 0.332 e. The lowest BCUT2D eigenvalue weighted by Crippen LogP contribution is -2.39. The van der Waals surface area contributed by atoms with E-state index in [9.17, 15) is 14.4 Å². The molecule has 0 aliphatic carbocycles. The maximum absolute atomic E-state index is 12.7. The monoisotopic (exact) mass is 382 g/mol. The number of aryl methyl sites for hydroxylation is 2. The molecule has 0 spiro atoms. The first-order chi connectivity index (χ1) is 13.4. The molecule has 3 rings (SSSR count). The Labute approximate surface area is 161 Å². The molecule has 0 unspecified atom stereocenters. The molecule has 2 aromatic heterocycles. The van der Waals surface area contributed by atoms with Gasteiger partial charge in [-0.3, -0.25) is 18.7 Å². The van der Waals surface area contributed by atoms with Crippen molar-refractivity contribution in [2.45, 2.75) is 33.9 Å². The fourth-order valence-corrected chi connectivity index (χ4v) is 3.08. The van der Waals surface area contributed by atoms with Gasteiger partial charge in [-0.25, -0.2) is 9.78 Å². The number of nitrogens with zero attached hydrogens (tertiary/aromatic N) is 4. The zero-order chi connectivity index (χ0) is 20.4. The van der Waals surface area contributed by atoms with Crippen LogP contribution in [0.4, 0.5) is 0 Å². The number of imidazole rings is 1. The summed E-state index contributed by atoms with van der Waals surface area (Å²) in [4.78, 5) is 40.7. The molecule has 0 fully saturated rings. The fourth-order valence-electron chi connectivity index (χ4n) is 3.08. The van der Waals surface area contributed by atoms with E-state index in [1.165, 1.54) is 16.1 Å². The number of carbonyl (C=O) groups excluding carboxylic acids is 1. The molecule has 146 valence electrons. The summed E-state index contributed by atoms with van der Waals surface area (Å²) in [6, 6.07) is 7.02. The van der Waals surface area contributed by atoms with E-state index < -0.39 is 0 Å². The molecule has 8 heteroatoms. The molecule has 0 bridgehead atoms. The number of esters is 1. The molecule has 0 radical (unpaired) electrons. The number of rotatable bonds is 5. The normalized spacial score (nSPS) is 11.4. The molecule has 0 aliphatic rings. The van der Waals surface area contributed by atoms with Gasteiger partial charge in [-0.05, 0) is 37.6 Å². The van der Waals surface area contributed by atoms with E-state index in [0.29, 0.717) is 35.8 Å². The van der Waals surface area contributed by atoms with Crippen LogP contribution in [0.5, 0.6) is 5.75 Å². The second-order valence-corrected chi connectivity index (χ2v) is 6.27. The summed E-state index contributed by atoms with van der Waals surface area (Å²) in [5.41, 5.74) is 0.967. The summed E-state index contributed by atoms with van der Waals surface area (Å²) in [5.74, 6) is 0.661. The van der Waals surface area contributed by atoms with E-state index in [1.54, 1.807) is 36.7 Å². The molecule has 0 saturated carbocycles. The molecule has 3 aromatic rings. The third-order valence-corrected chi connectivity index (χ3v) is 4.48. The van der Waals surface area contributed by atoms with Gasteiger partial charge in [-0.2, -0.15) is 0 Å². The van der Waals surface area contributed by atoms with E-state index in [1.807, 2.05) is 25.1 Å². The second kappa shape index (κ2) is 7.67. The molecule has 0 N–H and O–H groups in total. The minimum Gasteiger partial charge on any atom is -0.427 e. The van der Waals surface area contributed by atoms with Crippen molar-refractivity contribution in [1.29, 1.82) is 0 Å². The first-order valence-electron chi connectivity index (χ1n) is 9.04. The topological polar surface area (TPSA) is 88.1 Å². The average Bonchev–Trinajstić information content (AvgIpc) is 2.98. The molecule has 8 nitrogen and oxygen atoms in total. The zero-order valence-corrected chi connectivity index (χ0v) is 16.3. The summed E-state index contributed by atoms with van der Waals surface area (Å²) < 4.78 is 9.43. The number of carbonyl (C=O) groups is 1. The molecule has 0 saturated heterocycles. The van der Waals surface area contributed by atoms with Gasteiger partial charge >= 0.3 is 11.7 Å². The molecule has 0 aliphatic heterocycles. The first-order valence-corrected chi connectivity index (χ1v) is 9.04. The van der Waals surface area contributed by atoms with Crippen LogP contribution in [-0.4, -0.2) is 24.7 Å². The van der Waals surface area contributed by atoms with E-state index in [-0.39, 0.29) is 17.2 Å². The van der Waals surface area contributed by atoms with Crippen LogP contribution in [0.1, 0.15) is 32.2 Å². The van der Waals surface area contributed by atoms with Gasteiger partial charge in [0.15, 0.2) is 11.2 Å². The smallest absolute Gasteiger partial charge is 0.332 e. The third kappa shape index (κ3) is 3.40. The Morgan fingerprint density at radius 1 is 1.07 bits per heavy atom. The number of ether oxygens (including phenoxy) is 1. The maximum atomic E-state index is 12.7. The predicted octanol–water partition coefficient (Wildman–Crippen LogP) is 2.03. The van der Waals surface area contributed by atoms with Crippen molar-refractivity contribution in [2.24, 2.45) is 7.05 Å². The van der Waals surface area contributed by atoms with Crippen LogP contribution < -0.4 is 16.0 Å². The van der Waals surface area contributed by atoms with E-state index >= 15 is 0 Å². The molecule has 0 atom stereocenters. The fraction of sp³-hybridized carbons (Fsp3) is 0.300. The quantitative estimate of drug-likeness (QED) is 0.498. The Hall–Kier alpha value is -3.42. The van der Waals surface area contributed by atoms with Crippen molar-refractivity contribution in [3.05, 3.63) is 56.5 Å². The van der Waals surface area contributed by atoms with E-state index in [2.05, 4.69) is 4.98 Å². The van der Waals surface area contributed by atoms with Crippen LogP contribution in [0.2, 0.25) is 0 Å². The van der Waals surface area contributed by atoms with Crippen molar-refractivity contribution in [3.8, 4) is 5.75 Å². The van der Waals surface area contributed by atoms with Gasteiger partial charge in [0.25, 0.3) is 5.56 Å². The number of fused-ring (bicyclic) bond motifs is 1. The summed E-state index contributed by atoms with van der Waals surface area (Å²) in [6.45, 7) is 5.69. The van der Waals surface area contributed by atoms with Crippen LogP contribution in [0.3, 0.4) is 0 Å². The zero-order valence-electron chi connectivity index (χ0n) is 16.3. The lowest BCUT2D eigenvalue weighted by molar-refractivity contribution is -0.131. The molecule has 28 heavy (non-hydrogen) atoms. The van der Waals surface area contributed by atoms with Crippen molar-refractivity contribution < 1.29 is 9.53 Å². The van der Waals surface area contributed by atoms with Gasteiger partial charge in [-0.15, -0.1) is 0 Å². The minimum atomic E-state index is -0.373. The van der Waals surface area contributed by atoms with Crippen LogP contribution in [0.15, 0.2) is 33.9 Å². The molecule has 1 aromatic carbocycles. The summed E-state index contributed by atoms with van der Waals surface area (Å²) in [6.07, 6.45) is 3.62. The van der Waals surface area contributed by atoms with Crippen LogP contribution in [0, 0.1) is 0 Å². The third-order valence-electron chi connectivity index (χ3n) is 4.48. The van der Waals surface area contributed by atoms with Crippen molar-refractivity contribution >= 4 is 29.3 Å². The lowest BCUT2D eigenvalue weighted by atomic mass is 10.2. The van der Waals surface area contributed by atoms with E-state index in [4.69, 9.17) is 4.74 Å². The van der Waals surface area contributed by atoms with Crippen LogP contribution in [0.25, 0.3) is 23.3 Å². The van der Waals surface area contributed by atoms with Crippen molar-refractivity contribution in [3.63, 3.8) is 0 Å². The minimum absolute atomic E-state index is 0.304. The van der Waals surface area contributed by atoms with Gasteiger partial charge in [0.2, 0.25) is 0 Å². The summed E-state index contributed by atoms with van der Waals surface area (Å²) in [5, 5.41) is 0. The molecular weight excluding hydrogens is 360 g/mol. The summed E-state index contributed by atoms with van der Waals surface area (Å²) in [7, 11) is 1.75. The van der Waals surface area contributed by atoms with Gasteiger partial charge in [0, 0.05) is 27.1 Å². The van der Waals surface area contributed by atoms with E-state index in [0.717, 1.165) is 5.56 Å². The van der Waals surface area contributed by atoms with Gasteiger partial charge in [-0.1, -0.05) is 18.2 Å². The SMILES string of the molecule is CCn1c(=O)c2c(nc(/C=C/c3ccc(OC(C)=O)cc3)n2C)n(CC)c1=O. The Morgan fingerprint density at radius 3 is 2.29 bits per heavy atom. The van der Waals surface area contributed by atoms with Crippen LogP contribution >= 0.6 is 0 Å².